The van der Waals surface area contributed by atoms with Crippen molar-refractivity contribution in [1.82, 2.24) is 4.98 Å². The van der Waals surface area contributed by atoms with Crippen LogP contribution in [0.5, 0.6) is 0 Å². The van der Waals surface area contributed by atoms with E-state index in [0.29, 0.717) is 17.0 Å². The van der Waals surface area contributed by atoms with Gasteiger partial charge in [-0.3, -0.25) is 19.2 Å². The lowest BCUT2D eigenvalue weighted by Crippen LogP contribution is -2.61. The van der Waals surface area contributed by atoms with Gasteiger partial charge in [-0.15, -0.1) is 0 Å². The Bertz CT molecular complexity index is 1520. The van der Waals surface area contributed by atoms with Crippen molar-refractivity contribution in [2.75, 3.05) is 6.61 Å². The minimum absolute atomic E-state index is 0.146. The van der Waals surface area contributed by atoms with Gasteiger partial charge in [-0.25, -0.2) is 4.98 Å². The highest BCUT2D eigenvalue weighted by Gasteiger charge is 2.52. The van der Waals surface area contributed by atoms with Crippen molar-refractivity contribution >= 4 is 35.6 Å². The molecule has 43 heavy (non-hydrogen) atoms. The SMILES string of the molecule is CC(=O)OC[C@H]1O[C@@H](Sc2nc(-c3ccccc3)cc(-c3ccco3)c2C#N)[C@H](OC(C)=O)[C@@H](OC(C)=O)[C@@H]1OC(C)=O. The molecule has 1 fully saturated rings. The smallest absolute Gasteiger partial charge is 0.303 e. The molecule has 224 valence electrons. The second kappa shape index (κ2) is 14.0. The summed E-state index contributed by atoms with van der Waals surface area (Å²) in [7, 11) is 0. The summed E-state index contributed by atoms with van der Waals surface area (Å²) < 4.78 is 33.5. The summed E-state index contributed by atoms with van der Waals surface area (Å²) in [6, 6.07) is 16.5. The zero-order chi connectivity index (χ0) is 31.1. The van der Waals surface area contributed by atoms with Gasteiger partial charge in [0.15, 0.2) is 23.7 Å². The van der Waals surface area contributed by atoms with Gasteiger partial charge in [0.05, 0.1) is 17.5 Å². The number of pyridine rings is 1. The van der Waals surface area contributed by atoms with Crippen LogP contribution in [0.3, 0.4) is 0 Å². The average molecular weight is 609 g/mol. The first-order valence-corrected chi connectivity index (χ1v) is 14.0. The maximum absolute atomic E-state index is 12.3. The van der Waals surface area contributed by atoms with Crippen molar-refractivity contribution in [1.29, 1.82) is 5.26 Å². The Morgan fingerprint density at radius 3 is 2.12 bits per heavy atom. The Morgan fingerprint density at radius 2 is 1.53 bits per heavy atom. The predicted octanol–water partition coefficient (Wildman–Crippen LogP) is 4.06. The number of hydrogen-bond acceptors (Lipinski definition) is 13. The lowest BCUT2D eigenvalue weighted by Gasteiger charge is -2.44. The van der Waals surface area contributed by atoms with Crippen LogP contribution in [0.4, 0.5) is 0 Å². The summed E-state index contributed by atoms with van der Waals surface area (Å²) in [5.41, 5.74) is 0.694. The number of thioether (sulfide) groups is 1. The number of benzene rings is 1. The quantitative estimate of drug-likeness (QED) is 0.253. The van der Waals surface area contributed by atoms with E-state index >= 15 is 0 Å². The van der Waals surface area contributed by atoms with Gasteiger partial charge in [0, 0.05) is 38.8 Å². The minimum atomic E-state index is -1.36. The molecule has 1 aromatic carbocycles. The molecule has 3 aromatic rings. The standard InChI is InChI=1S/C30H28N2O10S/c1-16(33)38-15-25-26(39-17(2)34)27(40-18(3)35)28(41-19(4)36)30(42-25)43-29-22(14-31)21(24-11-8-12-37-24)13-23(32-29)20-9-6-5-7-10-20/h5-13,25-28,30H,15H2,1-4H3/t25-,26-,27+,28-,30+/m1/s1. The van der Waals surface area contributed by atoms with E-state index in [0.717, 1.165) is 38.1 Å². The first-order valence-electron chi connectivity index (χ1n) is 13.1. The Balaban J connectivity index is 1.85. The Labute approximate surface area is 251 Å². The molecule has 0 unspecified atom stereocenters. The van der Waals surface area contributed by atoms with Gasteiger partial charge in [0.1, 0.15) is 29.6 Å². The number of nitriles is 1. The second-order valence-electron chi connectivity index (χ2n) is 9.38. The van der Waals surface area contributed by atoms with Crippen molar-refractivity contribution in [2.24, 2.45) is 0 Å². The number of hydrogen-bond donors (Lipinski definition) is 0. The third-order valence-corrected chi connectivity index (χ3v) is 7.26. The van der Waals surface area contributed by atoms with Crippen molar-refractivity contribution in [3.63, 3.8) is 0 Å². The van der Waals surface area contributed by atoms with Gasteiger partial charge in [-0.1, -0.05) is 42.1 Å². The molecular weight excluding hydrogens is 580 g/mol. The number of aromatic nitrogens is 1. The van der Waals surface area contributed by atoms with Crippen LogP contribution in [0.2, 0.25) is 0 Å². The highest BCUT2D eigenvalue weighted by molar-refractivity contribution is 7.99. The largest absolute Gasteiger partial charge is 0.464 e. The number of ether oxygens (including phenoxy) is 5. The van der Waals surface area contributed by atoms with Crippen molar-refractivity contribution in [3.8, 4) is 28.7 Å². The topological polar surface area (TPSA) is 164 Å². The van der Waals surface area contributed by atoms with Crippen LogP contribution in [0.1, 0.15) is 33.3 Å². The van der Waals surface area contributed by atoms with Gasteiger partial charge >= 0.3 is 23.9 Å². The molecule has 1 aliphatic rings. The fraction of sp³-hybridized carbons (Fsp3) is 0.333. The summed E-state index contributed by atoms with van der Waals surface area (Å²) in [5, 5.41) is 10.4. The number of rotatable bonds is 9. The van der Waals surface area contributed by atoms with Crippen LogP contribution in [-0.4, -0.2) is 65.3 Å². The molecule has 3 heterocycles. The van der Waals surface area contributed by atoms with Crippen LogP contribution in [0.15, 0.2) is 64.2 Å². The number of furan rings is 1. The van der Waals surface area contributed by atoms with Gasteiger partial charge < -0.3 is 28.1 Å². The lowest BCUT2D eigenvalue weighted by atomic mass is 9.99. The Morgan fingerprint density at radius 1 is 0.884 bits per heavy atom. The number of nitrogens with zero attached hydrogens (tertiary/aromatic N) is 2. The van der Waals surface area contributed by atoms with Crippen LogP contribution in [0.25, 0.3) is 22.6 Å². The van der Waals surface area contributed by atoms with E-state index in [1.54, 1.807) is 18.2 Å². The van der Waals surface area contributed by atoms with Crippen LogP contribution in [0, 0.1) is 11.3 Å². The van der Waals surface area contributed by atoms with Crippen molar-refractivity contribution in [3.05, 3.63) is 60.4 Å². The molecule has 0 spiro atoms. The van der Waals surface area contributed by atoms with Gasteiger partial charge in [0.25, 0.3) is 0 Å². The minimum Gasteiger partial charge on any atom is -0.464 e. The molecule has 0 radical (unpaired) electrons. The summed E-state index contributed by atoms with van der Waals surface area (Å²) in [4.78, 5) is 52.9. The van der Waals surface area contributed by atoms with Crippen LogP contribution >= 0.6 is 11.8 Å². The van der Waals surface area contributed by atoms with E-state index in [9.17, 15) is 24.4 Å². The zero-order valence-electron chi connectivity index (χ0n) is 23.7. The van der Waals surface area contributed by atoms with E-state index < -0.39 is 53.7 Å². The van der Waals surface area contributed by atoms with E-state index in [-0.39, 0.29) is 17.2 Å². The summed E-state index contributed by atoms with van der Waals surface area (Å²) >= 11 is 0.929. The summed E-state index contributed by atoms with van der Waals surface area (Å²) in [5.74, 6) is -2.44. The molecule has 0 saturated carbocycles. The molecule has 12 nitrogen and oxygen atoms in total. The monoisotopic (exact) mass is 608 g/mol. The Hall–Kier alpha value is -4.67. The number of carbonyl (C=O) groups excluding carboxylic acids is 4. The highest BCUT2D eigenvalue weighted by Crippen LogP contribution is 2.41. The third kappa shape index (κ3) is 7.79. The highest BCUT2D eigenvalue weighted by atomic mass is 32.2. The maximum atomic E-state index is 12.3. The zero-order valence-corrected chi connectivity index (χ0v) is 24.5. The molecule has 0 bridgehead atoms. The molecule has 0 amide bonds. The normalized spacial score (nSPS) is 21.2. The molecule has 0 aliphatic carbocycles. The first-order chi connectivity index (χ1) is 20.6. The molecule has 2 aromatic heterocycles. The first kappa shape index (κ1) is 31.3. The van der Waals surface area contributed by atoms with E-state index in [1.807, 2.05) is 30.3 Å². The van der Waals surface area contributed by atoms with Crippen LogP contribution < -0.4 is 0 Å². The number of esters is 4. The molecule has 4 rings (SSSR count). The maximum Gasteiger partial charge on any atom is 0.303 e. The fourth-order valence-electron chi connectivity index (χ4n) is 4.49. The molecule has 13 heteroatoms. The van der Waals surface area contributed by atoms with E-state index in [4.69, 9.17) is 33.1 Å². The molecule has 5 atom stereocenters. The van der Waals surface area contributed by atoms with E-state index in [2.05, 4.69) is 6.07 Å². The molecule has 1 saturated heterocycles. The number of carbonyl (C=O) groups is 4. The van der Waals surface area contributed by atoms with Gasteiger partial charge in [-0.2, -0.15) is 5.26 Å². The molecule has 1 aliphatic heterocycles. The predicted molar refractivity (Wildman–Crippen MR) is 150 cm³/mol. The van der Waals surface area contributed by atoms with Crippen molar-refractivity contribution < 1.29 is 47.3 Å². The Kier molecular flexibility index (Phi) is 10.2. The van der Waals surface area contributed by atoms with Crippen LogP contribution in [-0.2, 0) is 42.9 Å². The third-order valence-electron chi connectivity index (χ3n) is 6.13. The van der Waals surface area contributed by atoms with Gasteiger partial charge in [-0.05, 0) is 18.2 Å². The fourth-order valence-corrected chi connectivity index (χ4v) is 5.68. The summed E-state index contributed by atoms with van der Waals surface area (Å²) in [6.45, 7) is 4.25. The molecule has 0 N–H and O–H groups in total. The van der Waals surface area contributed by atoms with Gasteiger partial charge in [0.2, 0.25) is 0 Å². The average Bonchev–Trinajstić information content (AvgIpc) is 3.49. The second-order valence-corrected chi connectivity index (χ2v) is 10.5. The molecular formula is C30H28N2O10S. The van der Waals surface area contributed by atoms with E-state index in [1.165, 1.54) is 13.2 Å². The lowest BCUT2D eigenvalue weighted by molar-refractivity contribution is -0.237. The summed E-state index contributed by atoms with van der Waals surface area (Å²) in [6.07, 6.45) is -3.66. The van der Waals surface area contributed by atoms with Crippen molar-refractivity contribution in [2.45, 2.75) is 62.6 Å².